The van der Waals surface area contributed by atoms with Crippen molar-refractivity contribution in [2.24, 2.45) is 5.92 Å². The summed E-state index contributed by atoms with van der Waals surface area (Å²) in [6.07, 6.45) is 9.33. The van der Waals surface area contributed by atoms with Crippen LogP contribution in [0, 0.1) is 5.92 Å². The van der Waals surface area contributed by atoms with Gasteiger partial charge in [-0.2, -0.15) is 0 Å². The molecule has 0 aromatic rings. The van der Waals surface area contributed by atoms with Crippen molar-refractivity contribution < 1.29 is 9.53 Å². The number of ether oxygens (including phenoxy) is 1. The average molecular weight is 223 g/mol. The quantitative estimate of drug-likeness (QED) is 0.688. The van der Waals surface area contributed by atoms with Gasteiger partial charge in [-0.05, 0) is 24.2 Å². The Labute approximate surface area is 94.5 Å². The number of hydrogen-bond acceptors (Lipinski definition) is 3. The second-order valence-electron chi connectivity index (χ2n) is 3.17. The summed E-state index contributed by atoms with van der Waals surface area (Å²) in [5.74, 6) is 0.0813. The number of nitrogens with one attached hydrogen (secondary N) is 1. The fraction of sp³-hybridized carbons (Fsp3) is 0.273. The lowest BCUT2D eigenvalue weighted by Gasteiger charge is -2.04. The lowest BCUT2D eigenvalue weighted by molar-refractivity contribution is -0.116. The summed E-state index contributed by atoms with van der Waals surface area (Å²) in [6, 6.07) is 0. The standard InChI is InChI=1S/C11H13NO2S/c1-8-4-3-5-9(7-6-8)10(13)12-11(15)14-2/h3-8H,1-2H3,(H,12,13,15). The minimum absolute atomic E-state index is 0.0792. The van der Waals surface area contributed by atoms with Gasteiger partial charge in [-0.25, -0.2) is 0 Å². The summed E-state index contributed by atoms with van der Waals surface area (Å²) in [4.78, 5) is 11.6. The summed E-state index contributed by atoms with van der Waals surface area (Å²) >= 11 is 4.73. The zero-order valence-corrected chi connectivity index (χ0v) is 9.51. The monoisotopic (exact) mass is 223 g/mol. The molecule has 1 atom stereocenters. The number of allylic oxidation sites excluding steroid dienone is 4. The first-order valence-electron chi connectivity index (χ1n) is 4.59. The highest BCUT2D eigenvalue weighted by atomic mass is 32.1. The second kappa shape index (κ2) is 5.46. The van der Waals surface area contributed by atoms with E-state index in [4.69, 9.17) is 17.0 Å². The molecule has 0 saturated heterocycles. The van der Waals surface area contributed by atoms with Crippen LogP contribution in [0.15, 0.2) is 36.0 Å². The molecule has 0 bridgehead atoms. The molecule has 1 aliphatic carbocycles. The molecule has 0 aromatic heterocycles. The highest BCUT2D eigenvalue weighted by Gasteiger charge is 2.09. The first-order chi connectivity index (χ1) is 7.13. The first kappa shape index (κ1) is 11.7. The number of carbonyl (C=O) groups excluding carboxylic acids is 1. The molecular weight excluding hydrogens is 210 g/mol. The molecule has 0 aromatic carbocycles. The Bertz CT molecular complexity index is 356. The van der Waals surface area contributed by atoms with Crippen molar-refractivity contribution in [1.82, 2.24) is 5.32 Å². The predicted molar refractivity (Wildman–Crippen MR) is 63.3 cm³/mol. The third-order valence-corrected chi connectivity index (χ3v) is 2.20. The average Bonchev–Trinajstić information content (AvgIpc) is 2.42. The van der Waals surface area contributed by atoms with Gasteiger partial charge in [0.25, 0.3) is 11.1 Å². The molecule has 15 heavy (non-hydrogen) atoms. The Morgan fingerprint density at radius 1 is 1.53 bits per heavy atom. The largest absolute Gasteiger partial charge is 0.474 e. The van der Waals surface area contributed by atoms with Crippen molar-refractivity contribution in [2.75, 3.05) is 7.11 Å². The van der Waals surface area contributed by atoms with Crippen LogP contribution in [0.2, 0.25) is 0 Å². The van der Waals surface area contributed by atoms with E-state index < -0.39 is 0 Å². The van der Waals surface area contributed by atoms with Gasteiger partial charge < -0.3 is 4.74 Å². The Morgan fingerprint density at radius 2 is 2.27 bits per heavy atom. The Morgan fingerprint density at radius 3 is 2.93 bits per heavy atom. The molecule has 4 heteroatoms. The van der Waals surface area contributed by atoms with Gasteiger partial charge in [0.15, 0.2) is 0 Å². The SMILES string of the molecule is COC(=S)NC(=O)C1=CC=CC(C)C=C1. The van der Waals surface area contributed by atoms with E-state index in [-0.39, 0.29) is 11.1 Å². The van der Waals surface area contributed by atoms with Crippen LogP contribution >= 0.6 is 12.2 Å². The van der Waals surface area contributed by atoms with Gasteiger partial charge in [-0.15, -0.1) is 0 Å². The van der Waals surface area contributed by atoms with Crippen LogP contribution in [0.3, 0.4) is 0 Å². The van der Waals surface area contributed by atoms with Crippen molar-refractivity contribution in [3.63, 3.8) is 0 Å². The minimum Gasteiger partial charge on any atom is -0.474 e. The second-order valence-corrected chi connectivity index (χ2v) is 3.54. The molecule has 1 rings (SSSR count). The fourth-order valence-corrected chi connectivity index (χ4v) is 1.17. The highest BCUT2D eigenvalue weighted by Crippen LogP contribution is 2.09. The number of rotatable bonds is 1. The number of hydrogen-bond donors (Lipinski definition) is 1. The van der Waals surface area contributed by atoms with Crippen LogP contribution in [0.5, 0.6) is 0 Å². The van der Waals surface area contributed by atoms with Crippen molar-refractivity contribution in [3.05, 3.63) is 36.0 Å². The smallest absolute Gasteiger partial charge is 0.263 e. The van der Waals surface area contributed by atoms with E-state index in [1.807, 2.05) is 25.2 Å². The minimum atomic E-state index is -0.253. The number of methoxy groups -OCH3 is 1. The molecule has 0 spiro atoms. The molecule has 3 nitrogen and oxygen atoms in total. The van der Waals surface area contributed by atoms with Crippen molar-refractivity contribution in [2.45, 2.75) is 6.92 Å². The molecule has 1 amide bonds. The summed E-state index contributed by atoms with van der Waals surface area (Å²) < 4.78 is 4.69. The maximum absolute atomic E-state index is 11.6. The first-order valence-corrected chi connectivity index (χ1v) is 5.00. The predicted octanol–water partition coefficient (Wildman–Crippen LogP) is 1.72. The summed E-state index contributed by atoms with van der Waals surface area (Å²) in [5.41, 5.74) is 0.565. The Balaban J connectivity index is 2.68. The van der Waals surface area contributed by atoms with Gasteiger partial charge in [-0.1, -0.05) is 31.2 Å². The van der Waals surface area contributed by atoms with E-state index >= 15 is 0 Å². The zero-order chi connectivity index (χ0) is 11.3. The maximum Gasteiger partial charge on any atom is 0.263 e. The molecule has 0 radical (unpaired) electrons. The molecule has 0 aliphatic heterocycles. The van der Waals surface area contributed by atoms with E-state index in [1.54, 1.807) is 12.2 Å². The topological polar surface area (TPSA) is 38.3 Å². The van der Waals surface area contributed by atoms with E-state index in [0.29, 0.717) is 11.5 Å². The fourth-order valence-electron chi connectivity index (χ4n) is 1.08. The molecule has 1 aliphatic rings. The van der Waals surface area contributed by atoms with Gasteiger partial charge in [0.2, 0.25) is 0 Å². The van der Waals surface area contributed by atoms with Gasteiger partial charge in [0.1, 0.15) is 0 Å². The van der Waals surface area contributed by atoms with Gasteiger partial charge >= 0.3 is 0 Å². The molecule has 0 heterocycles. The van der Waals surface area contributed by atoms with Crippen LogP contribution in [-0.2, 0) is 9.53 Å². The van der Waals surface area contributed by atoms with E-state index in [1.165, 1.54) is 7.11 Å². The molecule has 80 valence electrons. The van der Waals surface area contributed by atoms with Crippen molar-refractivity contribution in [1.29, 1.82) is 0 Å². The van der Waals surface area contributed by atoms with Crippen LogP contribution in [-0.4, -0.2) is 18.2 Å². The molecule has 0 saturated carbocycles. The van der Waals surface area contributed by atoms with E-state index in [0.717, 1.165) is 0 Å². The molecule has 0 fully saturated rings. The van der Waals surface area contributed by atoms with E-state index in [2.05, 4.69) is 5.32 Å². The molecule has 1 unspecified atom stereocenters. The molecule has 1 N–H and O–H groups in total. The number of amides is 1. The Hall–Kier alpha value is -1.42. The summed E-state index contributed by atoms with van der Waals surface area (Å²) in [5, 5.41) is 2.54. The normalized spacial score (nSPS) is 19.1. The maximum atomic E-state index is 11.6. The Kier molecular flexibility index (Phi) is 4.24. The lowest BCUT2D eigenvalue weighted by atomic mass is 10.1. The third-order valence-electron chi connectivity index (χ3n) is 1.93. The zero-order valence-electron chi connectivity index (χ0n) is 8.69. The molecular formula is C11H13NO2S. The van der Waals surface area contributed by atoms with Crippen molar-refractivity contribution in [3.8, 4) is 0 Å². The summed E-state index contributed by atoms with van der Waals surface area (Å²) in [7, 11) is 1.42. The van der Waals surface area contributed by atoms with Gasteiger partial charge in [0.05, 0.1) is 7.11 Å². The third kappa shape index (κ3) is 3.67. The van der Waals surface area contributed by atoms with Gasteiger partial charge in [-0.3, -0.25) is 10.1 Å². The van der Waals surface area contributed by atoms with Crippen LogP contribution in [0.1, 0.15) is 6.92 Å². The van der Waals surface area contributed by atoms with Crippen molar-refractivity contribution >= 4 is 23.3 Å². The van der Waals surface area contributed by atoms with E-state index in [9.17, 15) is 4.79 Å². The van der Waals surface area contributed by atoms with Crippen LogP contribution < -0.4 is 5.32 Å². The number of carbonyl (C=O) groups is 1. The lowest BCUT2D eigenvalue weighted by Crippen LogP contribution is -2.30. The number of thiocarbonyl (C=S) groups is 1. The van der Waals surface area contributed by atoms with Crippen LogP contribution in [0.25, 0.3) is 0 Å². The highest BCUT2D eigenvalue weighted by molar-refractivity contribution is 7.80. The van der Waals surface area contributed by atoms with Gasteiger partial charge in [0, 0.05) is 5.57 Å². The van der Waals surface area contributed by atoms with Crippen LogP contribution in [0.4, 0.5) is 0 Å². The summed E-state index contributed by atoms with van der Waals surface area (Å²) in [6.45, 7) is 2.04.